The summed E-state index contributed by atoms with van der Waals surface area (Å²) in [4.78, 5) is 38.3. The van der Waals surface area contributed by atoms with E-state index >= 15 is 0 Å². The minimum Gasteiger partial charge on any atom is -0.482 e. The summed E-state index contributed by atoms with van der Waals surface area (Å²) in [5.41, 5.74) is 0.913. The Hall–Kier alpha value is -3.09. The second-order valence-electron chi connectivity index (χ2n) is 7.37. The van der Waals surface area contributed by atoms with E-state index < -0.39 is 11.5 Å². The highest BCUT2D eigenvalue weighted by molar-refractivity contribution is 6.06. The highest BCUT2D eigenvalue weighted by Gasteiger charge is 2.23. The first-order valence-corrected chi connectivity index (χ1v) is 9.24. The van der Waals surface area contributed by atoms with Gasteiger partial charge in [0.15, 0.2) is 6.61 Å². The highest BCUT2D eigenvalue weighted by Crippen LogP contribution is 2.33. The minimum atomic E-state index is -0.648. The molecule has 0 fully saturated rings. The number of hydrogen-bond acceptors (Lipinski definition) is 5. The number of carbonyl (C=O) groups is 2. The predicted octanol–water partition coefficient (Wildman–Crippen LogP) is 3.14. The van der Waals surface area contributed by atoms with E-state index in [4.69, 9.17) is 9.15 Å². The zero-order valence-corrected chi connectivity index (χ0v) is 16.5. The molecule has 0 saturated carbocycles. The molecule has 2 aromatic rings. The number of likely N-dealkylation sites (N-methyl/N-ethyl adjacent to an activating group) is 1. The Kier molecular flexibility index (Phi) is 5.53. The van der Waals surface area contributed by atoms with E-state index in [1.807, 2.05) is 0 Å². The van der Waals surface area contributed by atoms with Crippen molar-refractivity contribution < 1.29 is 18.7 Å². The Bertz CT molecular complexity index is 977. The van der Waals surface area contributed by atoms with E-state index in [0.717, 1.165) is 6.42 Å². The molecule has 2 heterocycles. The maximum Gasteiger partial charge on any atom is 0.349 e. The molecule has 3 rings (SSSR count). The normalized spacial score (nSPS) is 13.3. The van der Waals surface area contributed by atoms with Gasteiger partial charge in [0.1, 0.15) is 17.1 Å². The Morgan fingerprint density at radius 2 is 2.00 bits per heavy atom. The molecule has 1 aliphatic rings. The zero-order valence-electron chi connectivity index (χ0n) is 16.5. The van der Waals surface area contributed by atoms with Gasteiger partial charge in [0, 0.05) is 19.2 Å². The van der Waals surface area contributed by atoms with Gasteiger partial charge in [-0.2, -0.15) is 0 Å². The average molecular weight is 384 g/mol. The van der Waals surface area contributed by atoms with Crippen LogP contribution in [0, 0.1) is 12.8 Å². The molecule has 7 nitrogen and oxygen atoms in total. The number of nitrogens with one attached hydrogen (secondary N) is 1. The van der Waals surface area contributed by atoms with Crippen molar-refractivity contribution in [3.63, 3.8) is 0 Å². The van der Waals surface area contributed by atoms with Gasteiger partial charge in [-0.15, -0.1) is 0 Å². The lowest BCUT2D eigenvalue weighted by molar-refractivity contribution is -0.120. The van der Waals surface area contributed by atoms with Crippen molar-refractivity contribution in [1.29, 1.82) is 0 Å². The van der Waals surface area contributed by atoms with E-state index in [0.29, 0.717) is 40.8 Å². The summed E-state index contributed by atoms with van der Waals surface area (Å²) in [6.45, 7) is 5.90. The third kappa shape index (κ3) is 4.08. The van der Waals surface area contributed by atoms with Crippen molar-refractivity contribution in [2.45, 2.75) is 33.6 Å². The third-order valence-electron chi connectivity index (χ3n) is 4.70. The summed E-state index contributed by atoms with van der Waals surface area (Å²) < 4.78 is 10.7. The van der Waals surface area contributed by atoms with Crippen LogP contribution in [-0.4, -0.2) is 25.5 Å². The molecule has 0 radical (unpaired) electrons. The van der Waals surface area contributed by atoms with Gasteiger partial charge in [-0.25, -0.2) is 4.79 Å². The molecule has 1 aromatic carbocycles. The van der Waals surface area contributed by atoms with Crippen LogP contribution in [0.5, 0.6) is 5.75 Å². The number of hydrogen-bond donors (Lipinski definition) is 1. The van der Waals surface area contributed by atoms with Gasteiger partial charge >= 0.3 is 5.63 Å². The number of nitrogens with zero attached hydrogens (tertiary/aromatic N) is 1. The van der Waals surface area contributed by atoms with E-state index in [9.17, 15) is 14.4 Å². The lowest BCUT2D eigenvalue weighted by atomic mass is 10.0. The number of fused-ring (bicyclic) bond motifs is 1. The molecule has 1 aromatic heterocycles. The van der Waals surface area contributed by atoms with Gasteiger partial charge in [-0.05, 0) is 49.1 Å². The number of carbonyl (C=O) groups excluding carboxylic acids is 2. The Labute approximate surface area is 163 Å². The first-order valence-electron chi connectivity index (χ1n) is 9.24. The maximum absolute atomic E-state index is 12.7. The van der Waals surface area contributed by atoms with E-state index in [1.54, 1.807) is 38.2 Å². The zero-order chi connectivity index (χ0) is 20.4. The summed E-state index contributed by atoms with van der Waals surface area (Å²) in [6.07, 6.45) is 1.55. The van der Waals surface area contributed by atoms with E-state index in [2.05, 4.69) is 19.2 Å². The van der Waals surface area contributed by atoms with Crippen molar-refractivity contribution in [3.8, 4) is 5.75 Å². The van der Waals surface area contributed by atoms with Gasteiger partial charge in [0.25, 0.3) is 11.8 Å². The Morgan fingerprint density at radius 1 is 1.25 bits per heavy atom. The first kappa shape index (κ1) is 19.7. The van der Waals surface area contributed by atoms with Crippen molar-refractivity contribution >= 4 is 23.2 Å². The van der Waals surface area contributed by atoms with Crippen LogP contribution in [0.15, 0.2) is 33.5 Å². The molecule has 7 heteroatoms. The lowest BCUT2D eigenvalue weighted by Gasteiger charge is -2.26. The predicted molar refractivity (Wildman–Crippen MR) is 106 cm³/mol. The maximum atomic E-state index is 12.7. The van der Waals surface area contributed by atoms with Crippen molar-refractivity contribution in [1.82, 2.24) is 0 Å². The number of ether oxygens (including phenoxy) is 1. The van der Waals surface area contributed by atoms with Gasteiger partial charge in [-0.1, -0.05) is 13.8 Å². The molecule has 2 amide bonds. The van der Waals surface area contributed by atoms with Crippen LogP contribution in [-0.2, 0) is 11.2 Å². The molecule has 0 aliphatic carbocycles. The lowest BCUT2D eigenvalue weighted by Crippen LogP contribution is -2.35. The van der Waals surface area contributed by atoms with Gasteiger partial charge in [-0.3, -0.25) is 9.59 Å². The fourth-order valence-corrected chi connectivity index (χ4v) is 3.04. The molecule has 1 aliphatic heterocycles. The molecule has 0 spiro atoms. The van der Waals surface area contributed by atoms with Crippen LogP contribution in [0.1, 0.15) is 41.9 Å². The van der Waals surface area contributed by atoms with Crippen molar-refractivity contribution in [2.75, 3.05) is 23.9 Å². The van der Waals surface area contributed by atoms with Gasteiger partial charge in [0.05, 0.1) is 5.69 Å². The second-order valence-corrected chi connectivity index (χ2v) is 7.37. The minimum absolute atomic E-state index is 0.0153. The molecule has 148 valence electrons. The summed E-state index contributed by atoms with van der Waals surface area (Å²) in [6, 6.07) is 6.72. The summed E-state index contributed by atoms with van der Waals surface area (Å²) in [5.74, 6) is 0.910. The number of anilines is 2. The van der Waals surface area contributed by atoms with Crippen LogP contribution < -0.4 is 20.6 Å². The fourth-order valence-electron chi connectivity index (χ4n) is 3.04. The average Bonchev–Trinajstić information content (AvgIpc) is 2.63. The SMILES string of the molecule is Cc1cc(CCC(C)C)oc(=O)c1C(=O)Nc1ccc2c(c1)N(C)C(=O)CO2. The quantitative estimate of drug-likeness (QED) is 0.855. The second kappa shape index (κ2) is 7.88. The van der Waals surface area contributed by atoms with Gasteiger partial charge < -0.3 is 19.4 Å². The highest BCUT2D eigenvalue weighted by atomic mass is 16.5. The number of aryl methyl sites for hydroxylation is 2. The molecule has 0 atom stereocenters. The van der Waals surface area contributed by atoms with Crippen LogP contribution in [0.25, 0.3) is 0 Å². The fraction of sp³-hybridized carbons (Fsp3) is 0.381. The summed E-state index contributed by atoms with van der Waals surface area (Å²) in [5, 5.41) is 2.70. The molecule has 0 saturated heterocycles. The number of amides is 2. The van der Waals surface area contributed by atoms with E-state index in [1.165, 1.54) is 4.90 Å². The van der Waals surface area contributed by atoms with Crippen LogP contribution in [0.3, 0.4) is 0 Å². The number of benzene rings is 1. The monoisotopic (exact) mass is 384 g/mol. The molecule has 1 N–H and O–H groups in total. The van der Waals surface area contributed by atoms with Crippen LogP contribution >= 0.6 is 0 Å². The molecular formula is C21H24N2O5. The third-order valence-corrected chi connectivity index (χ3v) is 4.70. The smallest absolute Gasteiger partial charge is 0.349 e. The summed E-state index contributed by atoms with van der Waals surface area (Å²) in [7, 11) is 1.64. The van der Waals surface area contributed by atoms with Crippen molar-refractivity contribution in [2.24, 2.45) is 5.92 Å². The summed E-state index contributed by atoms with van der Waals surface area (Å²) >= 11 is 0. The van der Waals surface area contributed by atoms with Gasteiger partial charge in [0.2, 0.25) is 0 Å². The van der Waals surface area contributed by atoms with Crippen LogP contribution in [0.2, 0.25) is 0 Å². The first-order chi connectivity index (χ1) is 13.3. The number of rotatable bonds is 5. The standard InChI is InChI=1S/C21H24N2O5/c1-12(2)5-7-15-9-13(3)19(21(26)28-15)20(25)22-14-6-8-17-16(10-14)23(4)18(24)11-27-17/h6,8-10,12H,5,7,11H2,1-4H3,(H,22,25). The Morgan fingerprint density at radius 3 is 2.68 bits per heavy atom. The molecule has 0 unspecified atom stereocenters. The Balaban J connectivity index is 1.82. The molecule has 0 bridgehead atoms. The largest absolute Gasteiger partial charge is 0.482 e. The van der Waals surface area contributed by atoms with Crippen LogP contribution in [0.4, 0.5) is 11.4 Å². The topological polar surface area (TPSA) is 88.9 Å². The van der Waals surface area contributed by atoms with E-state index in [-0.39, 0.29) is 18.1 Å². The van der Waals surface area contributed by atoms with Crippen molar-refractivity contribution in [3.05, 3.63) is 51.6 Å². The molecule has 28 heavy (non-hydrogen) atoms. The molecular weight excluding hydrogens is 360 g/mol.